The standard InChI is InChI=1S/C14H24N3.C7H8O3S/c1-3-17(4-2)12-7-10-16(11-13-17)14-8-5-6-9-15-14;1-6-2-4-7(5-3-6)11(8,9)10/h5-6,8-9H,3-4,7,10-13H2,1-2H3;2-5H,1H3,(H,8,9,10)/q+1;/p-1. The number of nitrogens with zero attached hydrogens (tertiary/aromatic N) is 3. The van der Waals surface area contributed by atoms with Crippen LogP contribution >= 0.6 is 0 Å². The second-order valence-electron chi connectivity index (χ2n) is 7.22. The van der Waals surface area contributed by atoms with Gasteiger partial charge in [-0.05, 0) is 45.0 Å². The van der Waals surface area contributed by atoms with E-state index in [1.54, 1.807) is 12.1 Å². The summed E-state index contributed by atoms with van der Waals surface area (Å²) in [4.78, 5) is 6.72. The van der Waals surface area contributed by atoms with Gasteiger partial charge in [0.1, 0.15) is 15.9 Å². The second kappa shape index (κ2) is 10.0. The molecule has 1 aromatic carbocycles. The smallest absolute Gasteiger partial charge is 0.128 e. The molecular weight excluding hydrogens is 374 g/mol. The lowest BCUT2D eigenvalue weighted by molar-refractivity contribution is -0.922. The van der Waals surface area contributed by atoms with Crippen LogP contribution in [0, 0.1) is 6.92 Å². The Balaban J connectivity index is 0.000000221. The lowest BCUT2D eigenvalue weighted by Crippen LogP contribution is -2.50. The largest absolute Gasteiger partial charge is 0.744 e. The van der Waals surface area contributed by atoms with E-state index in [0.717, 1.165) is 24.5 Å². The number of hydrogen-bond acceptors (Lipinski definition) is 5. The van der Waals surface area contributed by atoms with Gasteiger partial charge in [-0.15, -0.1) is 0 Å². The van der Waals surface area contributed by atoms with Crippen molar-refractivity contribution in [3.05, 3.63) is 54.2 Å². The molecule has 2 heterocycles. The number of aryl methyl sites for hydroxylation is 1. The minimum atomic E-state index is -4.27. The van der Waals surface area contributed by atoms with Crippen LogP contribution in [0.5, 0.6) is 0 Å². The molecule has 0 amide bonds. The van der Waals surface area contributed by atoms with Crippen LogP contribution in [0.3, 0.4) is 0 Å². The Morgan fingerprint density at radius 2 is 1.71 bits per heavy atom. The van der Waals surface area contributed by atoms with Crippen LogP contribution in [0.2, 0.25) is 0 Å². The third-order valence-electron chi connectivity index (χ3n) is 5.53. The van der Waals surface area contributed by atoms with E-state index in [0.29, 0.717) is 0 Å². The second-order valence-corrected chi connectivity index (χ2v) is 8.60. The Morgan fingerprint density at radius 3 is 2.25 bits per heavy atom. The maximum absolute atomic E-state index is 10.4. The molecule has 1 fully saturated rings. The third-order valence-corrected chi connectivity index (χ3v) is 6.38. The Bertz CT molecular complexity index is 820. The molecule has 1 saturated heterocycles. The quantitative estimate of drug-likeness (QED) is 0.577. The van der Waals surface area contributed by atoms with Gasteiger partial charge < -0.3 is 13.9 Å². The van der Waals surface area contributed by atoms with Crippen molar-refractivity contribution in [2.75, 3.05) is 44.2 Å². The van der Waals surface area contributed by atoms with Crippen molar-refractivity contribution in [1.82, 2.24) is 4.98 Å². The first-order valence-electron chi connectivity index (χ1n) is 9.83. The first kappa shape index (κ1) is 22.3. The van der Waals surface area contributed by atoms with Gasteiger partial charge in [-0.1, -0.05) is 23.8 Å². The van der Waals surface area contributed by atoms with E-state index < -0.39 is 10.1 Å². The van der Waals surface area contributed by atoms with Crippen LogP contribution in [0.25, 0.3) is 0 Å². The molecular formula is C21H31N3O3S. The van der Waals surface area contributed by atoms with Gasteiger partial charge in [0.2, 0.25) is 0 Å². The van der Waals surface area contributed by atoms with E-state index in [1.807, 2.05) is 19.2 Å². The first-order chi connectivity index (χ1) is 13.3. The summed E-state index contributed by atoms with van der Waals surface area (Å²) in [7, 11) is -4.27. The van der Waals surface area contributed by atoms with Gasteiger partial charge in [0, 0.05) is 19.2 Å². The Kier molecular flexibility index (Phi) is 7.98. The van der Waals surface area contributed by atoms with E-state index >= 15 is 0 Å². The van der Waals surface area contributed by atoms with Gasteiger partial charge in [-0.3, -0.25) is 0 Å². The molecule has 154 valence electrons. The van der Waals surface area contributed by atoms with Crippen molar-refractivity contribution in [2.24, 2.45) is 0 Å². The highest BCUT2D eigenvalue weighted by atomic mass is 32.2. The average Bonchev–Trinajstić information content (AvgIpc) is 2.92. The van der Waals surface area contributed by atoms with Crippen LogP contribution in [0.15, 0.2) is 53.6 Å². The molecule has 1 aliphatic rings. The van der Waals surface area contributed by atoms with Crippen LogP contribution in [-0.2, 0) is 10.1 Å². The minimum Gasteiger partial charge on any atom is -0.744 e. The van der Waals surface area contributed by atoms with E-state index in [2.05, 4.69) is 35.9 Å². The number of pyridine rings is 1. The molecule has 1 aromatic heterocycles. The lowest BCUT2D eigenvalue weighted by Gasteiger charge is -2.35. The Hall–Kier alpha value is -1.96. The van der Waals surface area contributed by atoms with Crippen molar-refractivity contribution in [3.8, 4) is 0 Å². The van der Waals surface area contributed by atoms with Crippen molar-refractivity contribution in [1.29, 1.82) is 0 Å². The van der Waals surface area contributed by atoms with E-state index in [4.69, 9.17) is 0 Å². The summed E-state index contributed by atoms with van der Waals surface area (Å²) in [5.41, 5.74) is 0.928. The topological polar surface area (TPSA) is 73.3 Å². The number of benzene rings is 1. The number of anilines is 1. The highest BCUT2D eigenvalue weighted by Gasteiger charge is 2.27. The molecule has 0 bridgehead atoms. The van der Waals surface area contributed by atoms with Gasteiger partial charge in [-0.25, -0.2) is 13.4 Å². The van der Waals surface area contributed by atoms with Crippen LogP contribution in [-0.4, -0.2) is 61.7 Å². The summed E-state index contributed by atoms with van der Waals surface area (Å²) in [6.45, 7) is 13.8. The maximum Gasteiger partial charge on any atom is 0.128 e. The fraction of sp³-hybridized carbons (Fsp3) is 0.476. The number of likely N-dealkylation sites (N-methyl/N-ethyl adjacent to an activating group) is 1. The van der Waals surface area contributed by atoms with Gasteiger partial charge in [-0.2, -0.15) is 0 Å². The van der Waals surface area contributed by atoms with Gasteiger partial charge >= 0.3 is 0 Å². The van der Waals surface area contributed by atoms with E-state index in [1.165, 1.54) is 49.2 Å². The highest BCUT2D eigenvalue weighted by Crippen LogP contribution is 2.17. The van der Waals surface area contributed by atoms with Gasteiger partial charge in [0.05, 0.1) is 37.6 Å². The van der Waals surface area contributed by atoms with Gasteiger partial charge in [0.25, 0.3) is 0 Å². The fourth-order valence-electron chi connectivity index (χ4n) is 3.48. The predicted molar refractivity (Wildman–Crippen MR) is 111 cm³/mol. The van der Waals surface area contributed by atoms with Crippen molar-refractivity contribution in [2.45, 2.75) is 32.1 Å². The minimum absolute atomic E-state index is 0.178. The molecule has 0 atom stereocenters. The number of hydrogen-bond donors (Lipinski definition) is 0. The molecule has 0 aliphatic carbocycles. The van der Waals surface area contributed by atoms with Gasteiger partial charge in [0.15, 0.2) is 0 Å². The van der Waals surface area contributed by atoms with Crippen molar-refractivity contribution in [3.63, 3.8) is 0 Å². The number of quaternary nitrogens is 1. The molecule has 28 heavy (non-hydrogen) atoms. The summed E-state index contributed by atoms with van der Waals surface area (Å²) >= 11 is 0. The highest BCUT2D eigenvalue weighted by molar-refractivity contribution is 7.85. The SMILES string of the molecule is CC[N+]1(CC)CCCN(c2ccccn2)CC1.Cc1ccc(S(=O)(=O)[O-])cc1. The zero-order valence-corrected chi connectivity index (χ0v) is 17.9. The number of aromatic nitrogens is 1. The Morgan fingerprint density at radius 1 is 1.04 bits per heavy atom. The summed E-state index contributed by atoms with van der Waals surface area (Å²) in [5, 5.41) is 0. The molecule has 6 nitrogen and oxygen atoms in total. The predicted octanol–water partition coefficient (Wildman–Crippen LogP) is 3.05. The summed E-state index contributed by atoms with van der Waals surface area (Å²) in [5.74, 6) is 1.14. The molecule has 1 aliphatic heterocycles. The molecule has 0 saturated carbocycles. The molecule has 0 spiro atoms. The molecule has 0 unspecified atom stereocenters. The molecule has 0 N–H and O–H groups in total. The lowest BCUT2D eigenvalue weighted by atomic mass is 10.2. The zero-order valence-electron chi connectivity index (χ0n) is 17.0. The normalized spacial score (nSPS) is 16.6. The zero-order chi connectivity index (χ0) is 20.6. The third kappa shape index (κ3) is 6.29. The average molecular weight is 406 g/mol. The molecule has 7 heteroatoms. The first-order valence-corrected chi connectivity index (χ1v) is 11.2. The van der Waals surface area contributed by atoms with Crippen molar-refractivity contribution < 1.29 is 17.5 Å². The Labute approximate surface area is 169 Å². The van der Waals surface area contributed by atoms with Crippen LogP contribution < -0.4 is 4.90 Å². The van der Waals surface area contributed by atoms with E-state index in [-0.39, 0.29) is 4.90 Å². The maximum atomic E-state index is 10.4. The fourth-order valence-corrected chi connectivity index (χ4v) is 3.95. The molecule has 3 rings (SSSR count). The number of rotatable bonds is 4. The molecule has 2 aromatic rings. The summed E-state index contributed by atoms with van der Waals surface area (Å²) in [6, 6.07) is 12.0. The molecule has 0 radical (unpaired) electrons. The summed E-state index contributed by atoms with van der Waals surface area (Å²) < 4.78 is 32.4. The van der Waals surface area contributed by atoms with Crippen LogP contribution in [0.4, 0.5) is 5.82 Å². The van der Waals surface area contributed by atoms with E-state index in [9.17, 15) is 13.0 Å². The summed E-state index contributed by atoms with van der Waals surface area (Å²) in [6.07, 6.45) is 3.17. The monoisotopic (exact) mass is 405 g/mol. The van der Waals surface area contributed by atoms with Crippen LogP contribution in [0.1, 0.15) is 25.8 Å². The van der Waals surface area contributed by atoms with Crippen molar-refractivity contribution >= 4 is 15.9 Å².